The van der Waals surface area contributed by atoms with Crippen molar-refractivity contribution in [3.05, 3.63) is 59.4 Å². The van der Waals surface area contributed by atoms with Crippen LogP contribution in [0.1, 0.15) is 11.1 Å². The highest BCUT2D eigenvalue weighted by Crippen LogP contribution is 2.29. The SMILES string of the molecule is OB(O)c1cccc(CN2CCc3ccc(F)cc32)c1. The molecule has 102 valence electrons. The minimum Gasteiger partial charge on any atom is -0.423 e. The first-order valence-corrected chi connectivity index (χ1v) is 6.62. The van der Waals surface area contributed by atoms with Gasteiger partial charge in [0.05, 0.1) is 0 Å². The Bertz CT molecular complexity index is 633. The maximum absolute atomic E-state index is 13.4. The molecule has 2 aromatic carbocycles. The van der Waals surface area contributed by atoms with E-state index in [-0.39, 0.29) is 5.82 Å². The van der Waals surface area contributed by atoms with Gasteiger partial charge < -0.3 is 14.9 Å². The molecule has 0 atom stereocenters. The third kappa shape index (κ3) is 2.55. The minimum absolute atomic E-state index is 0.227. The van der Waals surface area contributed by atoms with E-state index in [2.05, 4.69) is 4.90 Å². The molecular weight excluding hydrogens is 256 g/mol. The van der Waals surface area contributed by atoms with E-state index in [1.54, 1.807) is 24.3 Å². The Morgan fingerprint density at radius 1 is 1.15 bits per heavy atom. The van der Waals surface area contributed by atoms with Gasteiger partial charge in [0.1, 0.15) is 5.82 Å². The van der Waals surface area contributed by atoms with Gasteiger partial charge >= 0.3 is 7.12 Å². The van der Waals surface area contributed by atoms with E-state index in [4.69, 9.17) is 0 Å². The highest BCUT2D eigenvalue weighted by Gasteiger charge is 2.20. The molecule has 0 fully saturated rings. The van der Waals surface area contributed by atoms with Gasteiger partial charge in [-0.15, -0.1) is 0 Å². The van der Waals surface area contributed by atoms with E-state index in [0.717, 1.165) is 29.8 Å². The largest absolute Gasteiger partial charge is 0.488 e. The highest BCUT2D eigenvalue weighted by molar-refractivity contribution is 6.58. The van der Waals surface area contributed by atoms with Gasteiger partial charge in [-0.1, -0.05) is 30.3 Å². The molecule has 5 heteroatoms. The van der Waals surface area contributed by atoms with Crippen LogP contribution in [0.4, 0.5) is 10.1 Å². The second-order valence-corrected chi connectivity index (χ2v) is 5.06. The van der Waals surface area contributed by atoms with Gasteiger partial charge in [-0.05, 0) is 35.1 Å². The van der Waals surface area contributed by atoms with Crippen LogP contribution in [0.5, 0.6) is 0 Å². The van der Waals surface area contributed by atoms with Crippen LogP contribution in [0.2, 0.25) is 0 Å². The summed E-state index contributed by atoms with van der Waals surface area (Å²) < 4.78 is 13.4. The number of rotatable bonds is 3. The molecule has 0 saturated heterocycles. The van der Waals surface area contributed by atoms with Crippen LogP contribution in [-0.4, -0.2) is 23.7 Å². The van der Waals surface area contributed by atoms with Gasteiger partial charge in [-0.3, -0.25) is 0 Å². The molecule has 0 bridgehead atoms. The van der Waals surface area contributed by atoms with Crippen LogP contribution in [0.15, 0.2) is 42.5 Å². The van der Waals surface area contributed by atoms with Gasteiger partial charge in [-0.25, -0.2) is 4.39 Å². The standard InChI is InChI=1S/C15H15BFNO2/c17-14-5-4-12-6-7-18(15(12)9-14)10-11-2-1-3-13(8-11)16(19)20/h1-5,8-9,19-20H,6-7,10H2. The van der Waals surface area contributed by atoms with Crippen molar-refractivity contribution < 1.29 is 14.4 Å². The van der Waals surface area contributed by atoms with E-state index in [1.807, 2.05) is 12.1 Å². The van der Waals surface area contributed by atoms with E-state index in [0.29, 0.717) is 12.0 Å². The van der Waals surface area contributed by atoms with E-state index in [9.17, 15) is 14.4 Å². The molecule has 1 aliphatic heterocycles. The summed E-state index contributed by atoms with van der Waals surface area (Å²) >= 11 is 0. The van der Waals surface area contributed by atoms with Gasteiger partial charge in [0, 0.05) is 18.8 Å². The molecule has 0 aromatic heterocycles. The molecule has 0 radical (unpaired) electrons. The monoisotopic (exact) mass is 271 g/mol. The van der Waals surface area contributed by atoms with Gasteiger partial charge in [0.15, 0.2) is 0 Å². The molecule has 20 heavy (non-hydrogen) atoms. The molecule has 2 aromatic rings. The fraction of sp³-hybridized carbons (Fsp3) is 0.200. The zero-order valence-electron chi connectivity index (χ0n) is 11.0. The van der Waals surface area contributed by atoms with E-state index < -0.39 is 7.12 Å². The molecule has 1 heterocycles. The van der Waals surface area contributed by atoms with Crippen molar-refractivity contribution in [1.29, 1.82) is 0 Å². The molecule has 3 rings (SSSR count). The van der Waals surface area contributed by atoms with Crippen LogP contribution in [0.3, 0.4) is 0 Å². The quantitative estimate of drug-likeness (QED) is 0.821. The Hall–Kier alpha value is -1.85. The summed E-state index contributed by atoms with van der Waals surface area (Å²) in [6.07, 6.45) is 0.915. The Kier molecular flexibility index (Phi) is 3.46. The number of fused-ring (bicyclic) bond motifs is 1. The van der Waals surface area contributed by atoms with Crippen molar-refractivity contribution in [2.45, 2.75) is 13.0 Å². The fourth-order valence-corrected chi connectivity index (χ4v) is 2.66. The zero-order valence-corrected chi connectivity index (χ0v) is 11.0. The van der Waals surface area contributed by atoms with Gasteiger partial charge in [0.2, 0.25) is 0 Å². The first kappa shape index (κ1) is 13.2. The topological polar surface area (TPSA) is 43.7 Å². The summed E-state index contributed by atoms with van der Waals surface area (Å²) in [5.41, 5.74) is 3.54. The first-order valence-electron chi connectivity index (χ1n) is 6.62. The van der Waals surface area contributed by atoms with Crippen LogP contribution >= 0.6 is 0 Å². The number of benzene rings is 2. The molecule has 2 N–H and O–H groups in total. The number of nitrogens with zero attached hydrogens (tertiary/aromatic N) is 1. The maximum Gasteiger partial charge on any atom is 0.488 e. The number of anilines is 1. The number of halogens is 1. The van der Waals surface area contributed by atoms with Crippen molar-refractivity contribution in [2.75, 3.05) is 11.4 Å². The van der Waals surface area contributed by atoms with Crippen LogP contribution in [0, 0.1) is 5.82 Å². The molecule has 0 aliphatic carbocycles. The first-order chi connectivity index (χ1) is 9.63. The van der Waals surface area contributed by atoms with Crippen molar-refractivity contribution in [1.82, 2.24) is 0 Å². The molecular formula is C15H15BFNO2. The predicted octanol–water partition coefficient (Wildman–Crippen LogP) is 1.07. The molecule has 0 spiro atoms. The highest BCUT2D eigenvalue weighted by atomic mass is 19.1. The maximum atomic E-state index is 13.4. The van der Waals surface area contributed by atoms with E-state index >= 15 is 0 Å². The molecule has 1 aliphatic rings. The summed E-state index contributed by atoms with van der Waals surface area (Å²) in [4.78, 5) is 2.11. The second-order valence-electron chi connectivity index (χ2n) is 5.06. The Labute approximate surface area is 117 Å². The van der Waals surface area contributed by atoms with Crippen LogP contribution in [-0.2, 0) is 13.0 Å². The normalized spacial score (nSPS) is 13.4. The smallest absolute Gasteiger partial charge is 0.423 e. The lowest BCUT2D eigenvalue weighted by Gasteiger charge is -2.20. The van der Waals surface area contributed by atoms with Crippen molar-refractivity contribution in [3.8, 4) is 0 Å². The molecule has 0 saturated carbocycles. The third-order valence-corrected chi connectivity index (χ3v) is 3.66. The second kappa shape index (κ2) is 5.27. The molecule has 0 amide bonds. The summed E-state index contributed by atoms with van der Waals surface area (Å²) in [6, 6.07) is 12.1. The van der Waals surface area contributed by atoms with Crippen LogP contribution in [0.25, 0.3) is 0 Å². The average Bonchev–Trinajstić information content (AvgIpc) is 2.82. The van der Waals surface area contributed by atoms with Crippen molar-refractivity contribution >= 4 is 18.3 Å². The third-order valence-electron chi connectivity index (χ3n) is 3.66. The van der Waals surface area contributed by atoms with Crippen molar-refractivity contribution in [3.63, 3.8) is 0 Å². The Morgan fingerprint density at radius 2 is 2.00 bits per heavy atom. The summed E-state index contributed by atoms with van der Waals surface area (Å²) in [5, 5.41) is 18.4. The van der Waals surface area contributed by atoms with Gasteiger partial charge in [-0.2, -0.15) is 0 Å². The lowest BCUT2D eigenvalue weighted by atomic mass is 9.79. The minimum atomic E-state index is -1.46. The zero-order chi connectivity index (χ0) is 14.1. The average molecular weight is 271 g/mol. The van der Waals surface area contributed by atoms with Crippen LogP contribution < -0.4 is 10.4 Å². The Morgan fingerprint density at radius 3 is 2.80 bits per heavy atom. The number of hydrogen-bond acceptors (Lipinski definition) is 3. The lowest BCUT2D eigenvalue weighted by Crippen LogP contribution is -2.30. The lowest BCUT2D eigenvalue weighted by molar-refractivity contribution is 0.425. The summed E-state index contributed by atoms with van der Waals surface area (Å²) in [7, 11) is -1.46. The van der Waals surface area contributed by atoms with Gasteiger partial charge in [0.25, 0.3) is 0 Å². The summed E-state index contributed by atoms with van der Waals surface area (Å²) in [5.74, 6) is -0.227. The molecule has 3 nitrogen and oxygen atoms in total. The Balaban J connectivity index is 1.83. The fourth-order valence-electron chi connectivity index (χ4n) is 2.66. The predicted molar refractivity (Wildman–Crippen MR) is 77.4 cm³/mol. The number of hydrogen-bond donors (Lipinski definition) is 2. The van der Waals surface area contributed by atoms with E-state index in [1.165, 1.54) is 6.07 Å². The molecule has 0 unspecified atom stereocenters. The summed E-state index contributed by atoms with van der Waals surface area (Å²) in [6.45, 7) is 1.49. The van der Waals surface area contributed by atoms with Crippen molar-refractivity contribution in [2.24, 2.45) is 0 Å².